The molecule has 1 aromatic rings. The second kappa shape index (κ2) is 9.99. The Hall–Kier alpha value is -2.16. The highest BCUT2D eigenvalue weighted by Gasteiger charge is 2.46. The summed E-state index contributed by atoms with van der Waals surface area (Å²) in [7, 11) is 0. The number of carbonyl (C=O) groups is 2. The Balaban J connectivity index is 1.28. The summed E-state index contributed by atoms with van der Waals surface area (Å²) in [6.07, 6.45) is 4.76. The van der Waals surface area contributed by atoms with Gasteiger partial charge in [0.15, 0.2) is 0 Å². The first-order chi connectivity index (χ1) is 16.1. The molecule has 4 heterocycles. The van der Waals surface area contributed by atoms with Crippen LogP contribution in [0.2, 0.25) is 0 Å². The molecule has 0 aliphatic carbocycles. The van der Waals surface area contributed by atoms with E-state index in [1.807, 2.05) is 23.1 Å². The van der Waals surface area contributed by atoms with E-state index in [9.17, 15) is 14.7 Å². The molecule has 4 atom stereocenters. The Labute approximate surface area is 194 Å². The van der Waals surface area contributed by atoms with Gasteiger partial charge in [-0.25, -0.2) is 0 Å². The second-order valence-corrected chi connectivity index (χ2v) is 9.68. The summed E-state index contributed by atoms with van der Waals surface area (Å²) in [6.45, 7) is 2.74. The van der Waals surface area contributed by atoms with Crippen molar-refractivity contribution in [3.05, 3.63) is 23.8 Å². The standard InChI is InChI=1S/C25H34N2O6/c28-15-22-24-20(13-18(32-22)14-23(29)27-8-2-1-3-9-27)19-12-17(4-5-21(19)33-24)26-25(30)16-6-10-31-11-7-16/h4-5,12,16,18,20,22,24,28H,1-3,6-11,13-15H2,(H,26,30)/t18-,20-,22-,24+/m1/s1. The van der Waals surface area contributed by atoms with Gasteiger partial charge in [-0.3, -0.25) is 9.59 Å². The zero-order chi connectivity index (χ0) is 22.8. The summed E-state index contributed by atoms with van der Waals surface area (Å²) < 4.78 is 17.6. The van der Waals surface area contributed by atoms with Gasteiger partial charge in [-0.1, -0.05) is 0 Å². The molecule has 180 valence electrons. The summed E-state index contributed by atoms with van der Waals surface area (Å²) in [5.41, 5.74) is 1.77. The minimum Gasteiger partial charge on any atom is -0.487 e. The number of carbonyl (C=O) groups excluding carboxylic acids is 2. The van der Waals surface area contributed by atoms with Crippen LogP contribution >= 0.6 is 0 Å². The van der Waals surface area contributed by atoms with Crippen LogP contribution in [0, 0.1) is 5.92 Å². The molecule has 2 N–H and O–H groups in total. The van der Waals surface area contributed by atoms with E-state index in [1.165, 1.54) is 6.42 Å². The van der Waals surface area contributed by atoms with Gasteiger partial charge < -0.3 is 29.5 Å². The van der Waals surface area contributed by atoms with Crippen LogP contribution in [0.3, 0.4) is 0 Å². The number of aliphatic hydroxyl groups excluding tert-OH is 1. The normalized spacial score (nSPS) is 29.7. The highest BCUT2D eigenvalue weighted by atomic mass is 16.6. The molecule has 33 heavy (non-hydrogen) atoms. The predicted molar refractivity (Wildman–Crippen MR) is 121 cm³/mol. The van der Waals surface area contributed by atoms with Gasteiger partial charge >= 0.3 is 0 Å². The fourth-order valence-electron chi connectivity index (χ4n) is 5.64. The number of rotatable bonds is 5. The fraction of sp³-hybridized carbons (Fsp3) is 0.680. The number of nitrogens with one attached hydrogen (secondary N) is 1. The lowest BCUT2D eigenvalue weighted by Crippen LogP contribution is -2.48. The van der Waals surface area contributed by atoms with Crippen molar-refractivity contribution in [1.82, 2.24) is 4.90 Å². The fourth-order valence-corrected chi connectivity index (χ4v) is 5.64. The van der Waals surface area contributed by atoms with E-state index < -0.39 is 6.10 Å². The smallest absolute Gasteiger partial charge is 0.227 e. The maximum Gasteiger partial charge on any atom is 0.227 e. The van der Waals surface area contributed by atoms with Crippen LogP contribution in [0.5, 0.6) is 5.75 Å². The average Bonchev–Trinajstić information content (AvgIpc) is 3.22. The minimum absolute atomic E-state index is 0.0185. The molecule has 0 radical (unpaired) electrons. The lowest BCUT2D eigenvalue weighted by Gasteiger charge is -2.38. The molecule has 0 unspecified atom stereocenters. The van der Waals surface area contributed by atoms with Gasteiger partial charge in [0, 0.05) is 49.4 Å². The quantitative estimate of drug-likeness (QED) is 0.704. The third-order valence-corrected chi connectivity index (χ3v) is 7.47. The van der Waals surface area contributed by atoms with E-state index in [0.29, 0.717) is 26.1 Å². The molecule has 3 fully saturated rings. The molecule has 0 aromatic heterocycles. The highest BCUT2D eigenvalue weighted by Crippen LogP contribution is 2.47. The summed E-state index contributed by atoms with van der Waals surface area (Å²) in [5.74, 6) is 0.914. The average molecular weight is 459 g/mol. The van der Waals surface area contributed by atoms with Gasteiger partial charge in [0.2, 0.25) is 11.8 Å². The van der Waals surface area contributed by atoms with Crippen molar-refractivity contribution >= 4 is 17.5 Å². The van der Waals surface area contributed by atoms with Gasteiger partial charge in [0.25, 0.3) is 0 Å². The number of benzene rings is 1. The second-order valence-electron chi connectivity index (χ2n) is 9.68. The zero-order valence-corrected chi connectivity index (χ0v) is 19.0. The molecule has 0 bridgehead atoms. The highest BCUT2D eigenvalue weighted by molar-refractivity contribution is 5.92. The molecular weight excluding hydrogens is 424 g/mol. The summed E-state index contributed by atoms with van der Waals surface area (Å²) in [4.78, 5) is 27.4. The van der Waals surface area contributed by atoms with E-state index in [4.69, 9.17) is 14.2 Å². The first-order valence-electron chi connectivity index (χ1n) is 12.4. The number of piperidine rings is 1. The van der Waals surface area contributed by atoms with Crippen molar-refractivity contribution in [1.29, 1.82) is 0 Å². The Morgan fingerprint density at radius 3 is 2.67 bits per heavy atom. The van der Waals surface area contributed by atoms with Gasteiger partial charge in [-0.2, -0.15) is 0 Å². The zero-order valence-electron chi connectivity index (χ0n) is 19.0. The third-order valence-electron chi connectivity index (χ3n) is 7.47. The van der Waals surface area contributed by atoms with Gasteiger partial charge in [-0.05, 0) is 56.7 Å². The summed E-state index contributed by atoms with van der Waals surface area (Å²) in [6, 6.07) is 5.73. The number of amides is 2. The van der Waals surface area contributed by atoms with E-state index in [1.54, 1.807) is 0 Å². The molecule has 8 nitrogen and oxygen atoms in total. The Bertz CT molecular complexity index is 864. The molecule has 0 spiro atoms. The van der Waals surface area contributed by atoms with Crippen LogP contribution in [-0.2, 0) is 19.1 Å². The van der Waals surface area contributed by atoms with Crippen molar-refractivity contribution < 1.29 is 28.9 Å². The molecule has 2 amide bonds. The van der Waals surface area contributed by atoms with Gasteiger partial charge in [0.1, 0.15) is 18.0 Å². The number of hydrogen-bond acceptors (Lipinski definition) is 6. The predicted octanol–water partition coefficient (Wildman–Crippen LogP) is 2.45. The van der Waals surface area contributed by atoms with Crippen molar-refractivity contribution in [2.75, 3.05) is 38.2 Å². The largest absolute Gasteiger partial charge is 0.487 e. The summed E-state index contributed by atoms with van der Waals surface area (Å²) in [5, 5.41) is 13.0. The Morgan fingerprint density at radius 2 is 1.91 bits per heavy atom. The maximum atomic E-state index is 12.8. The number of aliphatic hydroxyl groups is 1. The Kier molecular flexibility index (Phi) is 6.85. The number of hydrogen-bond donors (Lipinski definition) is 2. The molecule has 5 rings (SSSR count). The van der Waals surface area contributed by atoms with Crippen LogP contribution in [0.25, 0.3) is 0 Å². The van der Waals surface area contributed by atoms with Crippen LogP contribution < -0.4 is 10.1 Å². The Morgan fingerprint density at radius 1 is 1.12 bits per heavy atom. The van der Waals surface area contributed by atoms with Crippen molar-refractivity contribution in [3.8, 4) is 5.75 Å². The maximum absolute atomic E-state index is 12.8. The first kappa shape index (κ1) is 22.6. The van der Waals surface area contributed by atoms with E-state index in [2.05, 4.69) is 5.32 Å². The topological polar surface area (TPSA) is 97.3 Å². The lowest BCUT2D eigenvalue weighted by molar-refractivity contribution is -0.149. The lowest BCUT2D eigenvalue weighted by atomic mass is 9.84. The van der Waals surface area contributed by atoms with Crippen LogP contribution in [-0.4, -0.2) is 73.0 Å². The van der Waals surface area contributed by atoms with E-state index in [-0.39, 0.29) is 42.5 Å². The monoisotopic (exact) mass is 458 g/mol. The molecule has 4 aliphatic rings. The van der Waals surface area contributed by atoms with Crippen LogP contribution in [0.4, 0.5) is 5.69 Å². The number of fused-ring (bicyclic) bond motifs is 3. The van der Waals surface area contributed by atoms with Crippen LogP contribution in [0.1, 0.15) is 56.4 Å². The molecule has 3 saturated heterocycles. The van der Waals surface area contributed by atoms with Crippen molar-refractivity contribution in [2.24, 2.45) is 5.92 Å². The molecule has 0 saturated carbocycles. The van der Waals surface area contributed by atoms with Crippen LogP contribution in [0.15, 0.2) is 18.2 Å². The minimum atomic E-state index is -0.476. The number of nitrogens with zero attached hydrogens (tertiary/aromatic N) is 1. The number of anilines is 1. The first-order valence-corrected chi connectivity index (χ1v) is 12.4. The van der Waals surface area contributed by atoms with Gasteiger partial charge in [-0.15, -0.1) is 0 Å². The van der Waals surface area contributed by atoms with E-state index >= 15 is 0 Å². The van der Waals surface area contributed by atoms with Crippen molar-refractivity contribution in [2.45, 2.75) is 69.2 Å². The molecule has 8 heteroatoms. The molecular formula is C25H34N2O6. The SMILES string of the molecule is O=C(Nc1ccc2c(c1)[C@H]1C[C@H](CC(=O)N3CCCCC3)O[C@H](CO)[C@H]1O2)C1CCOCC1. The van der Waals surface area contributed by atoms with Crippen molar-refractivity contribution in [3.63, 3.8) is 0 Å². The number of ether oxygens (including phenoxy) is 3. The number of likely N-dealkylation sites (tertiary alicyclic amines) is 1. The van der Waals surface area contributed by atoms with Gasteiger partial charge in [0.05, 0.1) is 19.1 Å². The third kappa shape index (κ3) is 4.88. The molecule has 1 aromatic carbocycles. The molecule has 4 aliphatic heterocycles. The van der Waals surface area contributed by atoms with E-state index in [0.717, 1.165) is 55.8 Å². The summed E-state index contributed by atoms with van der Waals surface area (Å²) >= 11 is 0.